The first-order valence-corrected chi connectivity index (χ1v) is 8.75. The first-order valence-electron chi connectivity index (χ1n) is 8.75. The molecule has 7 nitrogen and oxygen atoms in total. The predicted molar refractivity (Wildman–Crippen MR) is 98.7 cm³/mol. The minimum absolute atomic E-state index is 0.0189. The Morgan fingerprint density at radius 2 is 2.03 bits per heavy atom. The maximum Gasteiger partial charge on any atom is 0.387 e. The summed E-state index contributed by atoms with van der Waals surface area (Å²) in [6.45, 7) is -2.34. The van der Waals surface area contributed by atoms with Crippen molar-refractivity contribution in [3.63, 3.8) is 0 Å². The number of rotatable bonds is 7. The van der Waals surface area contributed by atoms with Crippen LogP contribution in [-0.4, -0.2) is 40.5 Å². The minimum atomic E-state index is -3.08. The number of H-pyrrole nitrogens is 1. The van der Waals surface area contributed by atoms with E-state index in [-0.39, 0.29) is 34.0 Å². The highest BCUT2D eigenvalue weighted by atomic mass is 19.3. The van der Waals surface area contributed by atoms with Crippen LogP contribution in [-0.2, 0) is 6.67 Å². The zero-order valence-electron chi connectivity index (χ0n) is 15.9. The van der Waals surface area contributed by atoms with Crippen LogP contribution in [0.15, 0.2) is 23.0 Å². The van der Waals surface area contributed by atoms with Gasteiger partial charge in [-0.25, -0.2) is 13.5 Å². The topological polar surface area (TPSA) is 76.0 Å². The number of anilines is 1. The fourth-order valence-electron chi connectivity index (χ4n) is 3.10. The number of hydrogen-bond donors (Lipinski definition) is 1. The number of hydrogen-bond acceptors (Lipinski definition) is 5. The zero-order chi connectivity index (χ0) is 21.3. The molecule has 2 aromatic heterocycles. The molecule has 0 saturated carbocycles. The molecule has 1 atom stereocenters. The molecule has 2 heterocycles. The summed E-state index contributed by atoms with van der Waals surface area (Å²) < 4.78 is 58.4. The molecule has 29 heavy (non-hydrogen) atoms. The first-order chi connectivity index (χ1) is 13.8. The van der Waals surface area contributed by atoms with Gasteiger partial charge >= 0.3 is 6.61 Å². The Labute approximate surface area is 162 Å². The van der Waals surface area contributed by atoms with E-state index < -0.39 is 30.7 Å². The number of alkyl halides is 3. The highest BCUT2D eigenvalue weighted by molar-refractivity contribution is 5.78. The standard InChI is InChI=1S/C18H19F4N5O2/c1-4-13(10-6-5-9(7-11(10)20)29-17(21)22)27-15-14(12(8-19)25-27)16(28)24-18(23-15)26(2)3/h5-7,13,17H,4,8H2,1-3H3,(H,23,24,28)/t13-/m0/s1. The summed E-state index contributed by atoms with van der Waals surface area (Å²) in [6, 6.07) is 2.60. The lowest BCUT2D eigenvalue weighted by Gasteiger charge is -2.19. The first kappa shape index (κ1) is 20.6. The molecule has 0 amide bonds. The second-order valence-corrected chi connectivity index (χ2v) is 6.49. The summed E-state index contributed by atoms with van der Waals surface area (Å²) in [4.78, 5) is 20.9. The zero-order valence-corrected chi connectivity index (χ0v) is 15.9. The van der Waals surface area contributed by atoms with E-state index in [1.807, 2.05) is 0 Å². The van der Waals surface area contributed by atoms with Crippen LogP contribution in [0.1, 0.15) is 30.6 Å². The second kappa shape index (κ2) is 8.10. The smallest absolute Gasteiger partial charge is 0.387 e. The van der Waals surface area contributed by atoms with Gasteiger partial charge in [0.25, 0.3) is 5.56 Å². The minimum Gasteiger partial charge on any atom is -0.435 e. The van der Waals surface area contributed by atoms with Crippen molar-refractivity contribution in [2.24, 2.45) is 0 Å². The van der Waals surface area contributed by atoms with Gasteiger partial charge in [0.2, 0.25) is 5.95 Å². The number of nitrogens with zero attached hydrogens (tertiary/aromatic N) is 4. The molecule has 0 radical (unpaired) electrons. The summed E-state index contributed by atoms with van der Waals surface area (Å²) in [5, 5.41) is 4.13. The van der Waals surface area contributed by atoms with Crippen LogP contribution in [0.4, 0.5) is 23.5 Å². The Morgan fingerprint density at radius 1 is 1.31 bits per heavy atom. The Kier molecular flexibility index (Phi) is 5.76. The summed E-state index contributed by atoms with van der Waals surface area (Å²) >= 11 is 0. The van der Waals surface area contributed by atoms with Crippen molar-refractivity contribution in [1.29, 1.82) is 0 Å². The normalized spacial score (nSPS) is 12.6. The monoisotopic (exact) mass is 413 g/mol. The van der Waals surface area contributed by atoms with E-state index in [4.69, 9.17) is 0 Å². The lowest BCUT2D eigenvalue weighted by Crippen LogP contribution is -2.20. The number of aromatic amines is 1. The molecule has 11 heteroatoms. The molecule has 3 rings (SSSR count). The average Bonchev–Trinajstić information content (AvgIpc) is 3.02. The van der Waals surface area contributed by atoms with Crippen LogP contribution in [0.2, 0.25) is 0 Å². The van der Waals surface area contributed by atoms with Crippen molar-refractivity contribution in [2.45, 2.75) is 32.7 Å². The summed E-state index contributed by atoms with van der Waals surface area (Å²) in [7, 11) is 3.33. The summed E-state index contributed by atoms with van der Waals surface area (Å²) in [5.74, 6) is -0.890. The van der Waals surface area contributed by atoms with Gasteiger partial charge in [-0.3, -0.25) is 9.78 Å². The third kappa shape index (κ3) is 3.89. The number of ether oxygens (including phenoxy) is 1. The van der Waals surface area contributed by atoms with Gasteiger partial charge in [0, 0.05) is 25.7 Å². The van der Waals surface area contributed by atoms with Crippen molar-refractivity contribution in [3.8, 4) is 5.75 Å². The van der Waals surface area contributed by atoms with E-state index in [1.165, 1.54) is 16.8 Å². The predicted octanol–water partition coefficient (Wildman–Crippen LogP) is 3.40. The van der Waals surface area contributed by atoms with Gasteiger partial charge in [-0.1, -0.05) is 13.0 Å². The second-order valence-electron chi connectivity index (χ2n) is 6.49. The molecule has 3 aromatic rings. The maximum absolute atomic E-state index is 14.7. The molecular formula is C18H19F4N5O2. The van der Waals surface area contributed by atoms with Gasteiger partial charge in [0.15, 0.2) is 5.65 Å². The molecule has 0 aliphatic carbocycles. The van der Waals surface area contributed by atoms with Crippen LogP contribution >= 0.6 is 0 Å². The Hall–Kier alpha value is -3.11. The molecule has 1 N–H and O–H groups in total. The molecular weight excluding hydrogens is 394 g/mol. The van der Waals surface area contributed by atoms with E-state index in [1.54, 1.807) is 25.9 Å². The summed E-state index contributed by atoms with van der Waals surface area (Å²) in [6.07, 6.45) is 0.320. The Balaban J connectivity index is 2.18. The van der Waals surface area contributed by atoms with Crippen molar-refractivity contribution in [3.05, 3.63) is 45.6 Å². The van der Waals surface area contributed by atoms with E-state index in [0.717, 1.165) is 6.07 Å². The van der Waals surface area contributed by atoms with Crippen molar-refractivity contribution in [2.75, 3.05) is 19.0 Å². The number of aromatic nitrogens is 4. The van der Waals surface area contributed by atoms with Gasteiger partial charge in [0.05, 0.1) is 6.04 Å². The third-order valence-corrected chi connectivity index (χ3v) is 4.41. The fourth-order valence-corrected chi connectivity index (χ4v) is 3.10. The molecule has 0 aliphatic rings. The Morgan fingerprint density at radius 3 is 2.59 bits per heavy atom. The number of benzene rings is 1. The van der Waals surface area contributed by atoms with Crippen LogP contribution in [0.25, 0.3) is 11.0 Å². The lowest BCUT2D eigenvalue weighted by molar-refractivity contribution is -0.0500. The van der Waals surface area contributed by atoms with Gasteiger partial charge < -0.3 is 9.64 Å². The fraction of sp³-hybridized carbons (Fsp3) is 0.389. The average molecular weight is 413 g/mol. The Bertz CT molecular complexity index is 1080. The maximum atomic E-state index is 14.7. The largest absolute Gasteiger partial charge is 0.435 e. The number of fused-ring (bicyclic) bond motifs is 1. The van der Waals surface area contributed by atoms with Gasteiger partial charge in [-0.05, 0) is 12.5 Å². The molecule has 0 aliphatic heterocycles. The molecule has 0 bridgehead atoms. The van der Waals surface area contributed by atoms with Crippen molar-refractivity contribution >= 4 is 17.0 Å². The number of halogens is 4. The third-order valence-electron chi connectivity index (χ3n) is 4.41. The summed E-state index contributed by atoms with van der Waals surface area (Å²) in [5.41, 5.74) is -0.453. The highest BCUT2D eigenvalue weighted by Gasteiger charge is 2.25. The van der Waals surface area contributed by atoms with Crippen LogP contribution in [0.5, 0.6) is 5.75 Å². The van der Waals surface area contributed by atoms with E-state index in [0.29, 0.717) is 6.42 Å². The van der Waals surface area contributed by atoms with Crippen LogP contribution < -0.4 is 15.2 Å². The van der Waals surface area contributed by atoms with Crippen LogP contribution in [0, 0.1) is 5.82 Å². The van der Waals surface area contributed by atoms with Gasteiger partial charge in [-0.2, -0.15) is 18.9 Å². The number of nitrogens with one attached hydrogen (secondary N) is 1. The SMILES string of the molecule is CC[C@@H](c1ccc(OC(F)F)cc1F)n1nc(CF)c2c(=O)[nH]c(N(C)C)nc21. The molecule has 0 saturated heterocycles. The molecule has 0 spiro atoms. The van der Waals surface area contributed by atoms with Crippen molar-refractivity contribution < 1.29 is 22.3 Å². The lowest BCUT2D eigenvalue weighted by atomic mass is 10.0. The highest BCUT2D eigenvalue weighted by Crippen LogP contribution is 2.30. The van der Waals surface area contributed by atoms with E-state index >= 15 is 0 Å². The molecule has 156 valence electrons. The molecule has 1 aromatic carbocycles. The molecule has 0 unspecified atom stereocenters. The molecule has 0 fully saturated rings. The van der Waals surface area contributed by atoms with E-state index in [2.05, 4.69) is 19.8 Å². The van der Waals surface area contributed by atoms with Crippen LogP contribution in [0.3, 0.4) is 0 Å². The van der Waals surface area contributed by atoms with Gasteiger partial charge in [0.1, 0.15) is 29.3 Å². The van der Waals surface area contributed by atoms with Crippen molar-refractivity contribution in [1.82, 2.24) is 19.7 Å². The van der Waals surface area contributed by atoms with E-state index in [9.17, 15) is 22.4 Å². The van der Waals surface area contributed by atoms with Gasteiger partial charge in [-0.15, -0.1) is 0 Å². The quantitative estimate of drug-likeness (QED) is 0.601.